The highest BCUT2D eigenvalue weighted by atomic mass is 79.9. The lowest BCUT2D eigenvalue weighted by Gasteiger charge is -2.13. The van der Waals surface area contributed by atoms with Gasteiger partial charge >= 0.3 is 0 Å². The molecular weight excluding hydrogens is 336 g/mol. The molecule has 0 aromatic carbocycles. The Kier molecular flexibility index (Phi) is 5.09. The fourth-order valence-electron chi connectivity index (χ4n) is 1.95. The van der Waals surface area contributed by atoms with Gasteiger partial charge < -0.3 is 16.0 Å². The summed E-state index contributed by atoms with van der Waals surface area (Å²) < 4.78 is 0.676. The van der Waals surface area contributed by atoms with Gasteiger partial charge in [0, 0.05) is 32.2 Å². The average Bonchev–Trinajstić information content (AvgIpc) is 3.13. The summed E-state index contributed by atoms with van der Waals surface area (Å²) in [5.74, 6) is 2.37. The molecule has 1 aliphatic heterocycles. The van der Waals surface area contributed by atoms with E-state index in [2.05, 4.69) is 47.4 Å². The van der Waals surface area contributed by atoms with Crippen LogP contribution in [-0.4, -0.2) is 34.1 Å². The lowest BCUT2D eigenvalue weighted by atomic mass is 10.0. The number of imidazole rings is 1. The van der Waals surface area contributed by atoms with E-state index < -0.39 is 6.04 Å². The Bertz CT molecular complexity index is 569. The number of hydrogen-bond donors (Lipinski definition) is 3. The molecule has 2 rings (SSSR count). The van der Waals surface area contributed by atoms with Crippen LogP contribution in [0.3, 0.4) is 0 Å². The quantitative estimate of drug-likeness (QED) is 0.610. The number of carbonyl (C=O) groups excluding carboxylic acids is 1. The molecule has 8 heteroatoms. The maximum Gasteiger partial charge on any atom is 0.237 e. The molecule has 1 aromatic rings. The van der Waals surface area contributed by atoms with E-state index in [1.54, 1.807) is 6.33 Å². The number of hydrogen-bond acceptors (Lipinski definition) is 5. The largest absolute Gasteiger partial charge is 0.355 e. The Morgan fingerprint density at radius 1 is 1.57 bits per heavy atom. The molecule has 1 aromatic heterocycles. The molecular formula is C13H17BrN6O. The lowest BCUT2D eigenvalue weighted by Crippen LogP contribution is -2.43. The summed E-state index contributed by atoms with van der Waals surface area (Å²) in [4.78, 5) is 18.9. The number of H-pyrrole nitrogens is 1. The maximum absolute atomic E-state index is 11.9. The summed E-state index contributed by atoms with van der Waals surface area (Å²) in [6.07, 6.45) is 9.18. The molecule has 1 amide bonds. The highest BCUT2D eigenvalue weighted by molar-refractivity contribution is 9.10. The normalized spacial score (nSPS) is 16.2. The second-order valence-corrected chi connectivity index (χ2v) is 5.66. The van der Waals surface area contributed by atoms with E-state index in [1.807, 2.05) is 0 Å². The second-order valence-electron chi connectivity index (χ2n) is 4.91. The summed E-state index contributed by atoms with van der Waals surface area (Å²) in [5.41, 5.74) is 6.29. The minimum absolute atomic E-state index is 0.204. The van der Waals surface area contributed by atoms with Crippen LogP contribution in [0.4, 0.5) is 0 Å². The molecule has 21 heavy (non-hydrogen) atoms. The molecule has 112 valence electrons. The maximum atomic E-state index is 11.9. The number of rotatable bonds is 8. The third kappa shape index (κ3) is 4.37. The predicted molar refractivity (Wildman–Crippen MR) is 81.2 cm³/mol. The molecule has 0 fully saturated rings. The zero-order valence-corrected chi connectivity index (χ0v) is 13.1. The standard InChI is InChI=1S/C13H17BrN6O/c1-2-3-4-13(19-20-13)5-6-16-12(21)9(15)7-10-11(14)18-8-17-10/h1,8-9H,3-7,15H2,(H,16,21)(H,17,18). The molecule has 4 N–H and O–H groups in total. The Morgan fingerprint density at radius 3 is 2.90 bits per heavy atom. The molecule has 1 unspecified atom stereocenters. The summed E-state index contributed by atoms with van der Waals surface area (Å²) in [6, 6.07) is -0.628. The monoisotopic (exact) mass is 352 g/mol. The van der Waals surface area contributed by atoms with Crippen molar-refractivity contribution < 1.29 is 4.79 Å². The fourth-order valence-corrected chi connectivity index (χ4v) is 2.32. The molecule has 7 nitrogen and oxygen atoms in total. The van der Waals surface area contributed by atoms with Crippen LogP contribution in [0.2, 0.25) is 0 Å². The van der Waals surface area contributed by atoms with Crippen molar-refractivity contribution in [2.24, 2.45) is 16.0 Å². The van der Waals surface area contributed by atoms with Gasteiger partial charge in [-0.2, -0.15) is 10.2 Å². The summed E-state index contributed by atoms with van der Waals surface area (Å²) in [5, 5.41) is 10.8. The van der Waals surface area contributed by atoms with Crippen molar-refractivity contribution in [3.63, 3.8) is 0 Å². The minimum atomic E-state index is -0.628. The molecule has 0 aliphatic carbocycles. The smallest absolute Gasteiger partial charge is 0.237 e. The zero-order valence-electron chi connectivity index (χ0n) is 11.5. The van der Waals surface area contributed by atoms with Gasteiger partial charge in [-0.3, -0.25) is 4.79 Å². The Hall–Kier alpha value is -1.72. The number of nitrogens with zero attached hydrogens (tertiary/aromatic N) is 3. The highest BCUT2D eigenvalue weighted by Crippen LogP contribution is 2.35. The number of terminal acetylenes is 1. The van der Waals surface area contributed by atoms with E-state index in [0.717, 1.165) is 12.1 Å². The van der Waals surface area contributed by atoms with Crippen molar-refractivity contribution in [2.75, 3.05) is 6.54 Å². The van der Waals surface area contributed by atoms with Crippen LogP contribution in [-0.2, 0) is 11.2 Å². The number of nitrogens with two attached hydrogens (primary N) is 1. The van der Waals surface area contributed by atoms with Gasteiger partial charge in [0.05, 0.1) is 18.1 Å². The second kappa shape index (κ2) is 6.83. The van der Waals surface area contributed by atoms with Crippen LogP contribution in [0, 0.1) is 12.3 Å². The van der Waals surface area contributed by atoms with Crippen molar-refractivity contribution in [1.29, 1.82) is 0 Å². The molecule has 0 saturated carbocycles. The summed E-state index contributed by atoms with van der Waals surface area (Å²) >= 11 is 3.28. The average molecular weight is 353 g/mol. The summed E-state index contributed by atoms with van der Waals surface area (Å²) in [7, 11) is 0. The lowest BCUT2D eigenvalue weighted by molar-refractivity contribution is -0.122. The van der Waals surface area contributed by atoms with E-state index in [9.17, 15) is 4.79 Å². The minimum Gasteiger partial charge on any atom is -0.355 e. The van der Waals surface area contributed by atoms with Crippen LogP contribution >= 0.6 is 15.9 Å². The highest BCUT2D eigenvalue weighted by Gasteiger charge is 2.38. The van der Waals surface area contributed by atoms with Crippen LogP contribution in [0.25, 0.3) is 0 Å². The van der Waals surface area contributed by atoms with Gasteiger partial charge in [0.1, 0.15) is 4.60 Å². The Morgan fingerprint density at radius 2 is 2.33 bits per heavy atom. The SMILES string of the molecule is C#CCCC1(CCNC(=O)C(N)Cc2[nH]cnc2Br)N=N1. The summed E-state index contributed by atoms with van der Waals surface area (Å²) in [6.45, 7) is 0.480. The molecule has 0 saturated heterocycles. The van der Waals surface area contributed by atoms with Crippen molar-refractivity contribution in [3.8, 4) is 12.3 Å². The van der Waals surface area contributed by atoms with Gasteiger partial charge in [-0.05, 0) is 15.9 Å². The van der Waals surface area contributed by atoms with Gasteiger partial charge in [0.2, 0.25) is 5.91 Å². The molecule has 2 heterocycles. The van der Waals surface area contributed by atoms with Crippen molar-refractivity contribution >= 4 is 21.8 Å². The Labute approximate surface area is 131 Å². The number of aromatic nitrogens is 2. The van der Waals surface area contributed by atoms with Crippen LogP contribution in [0.1, 0.15) is 25.0 Å². The van der Waals surface area contributed by atoms with E-state index in [1.165, 1.54) is 0 Å². The topological polar surface area (TPSA) is 109 Å². The van der Waals surface area contributed by atoms with E-state index in [-0.39, 0.29) is 11.6 Å². The molecule has 0 radical (unpaired) electrons. The first-order valence-corrected chi connectivity index (χ1v) is 7.44. The van der Waals surface area contributed by atoms with Crippen molar-refractivity contribution in [1.82, 2.24) is 15.3 Å². The van der Waals surface area contributed by atoms with Gasteiger partial charge in [-0.1, -0.05) is 0 Å². The predicted octanol–water partition coefficient (Wildman–Crippen LogP) is 1.12. The van der Waals surface area contributed by atoms with Crippen LogP contribution < -0.4 is 11.1 Å². The van der Waals surface area contributed by atoms with Crippen LogP contribution in [0.15, 0.2) is 21.2 Å². The molecule has 1 aliphatic rings. The Balaban J connectivity index is 1.70. The number of amides is 1. The van der Waals surface area contributed by atoms with E-state index >= 15 is 0 Å². The van der Waals surface area contributed by atoms with Gasteiger partial charge in [-0.25, -0.2) is 4.98 Å². The fraction of sp³-hybridized carbons (Fsp3) is 0.538. The van der Waals surface area contributed by atoms with Crippen LogP contribution in [0.5, 0.6) is 0 Å². The van der Waals surface area contributed by atoms with Gasteiger partial charge in [-0.15, -0.1) is 12.3 Å². The number of nitrogens with one attached hydrogen (secondary N) is 2. The zero-order chi connectivity index (χ0) is 15.3. The first kappa shape index (κ1) is 15.7. The molecule has 1 atom stereocenters. The first-order chi connectivity index (χ1) is 10.1. The van der Waals surface area contributed by atoms with Gasteiger partial charge in [0.15, 0.2) is 5.66 Å². The van der Waals surface area contributed by atoms with Crippen molar-refractivity contribution in [3.05, 3.63) is 16.6 Å². The third-order valence-electron chi connectivity index (χ3n) is 3.30. The van der Waals surface area contributed by atoms with E-state index in [0.29, 0.717) is 30.4 Å². The molecule has 0 spiro atoms. The molecule has 0 bridgehead atoms. The third-order valence-corrected chi connectivity index (χ3v) is 3.99. The number of halogens is 1. The van der Waals surface area contributed by atoms with Crippen molar-refractivity contribution in [2.45, 2.75) is 37.4 Å². The van der Waals surface area contributed by atoms with Gasteiger partial charge in [0.25, 0.3) is 0 Å². The number of carbonyl (C=O) groups is 1. The first-order valence-electron chi connectivity index (χ1n) is 6.65. The van der Waals surface area contributed by atoms with E-state index in [4.69, 9.17) is 12.2 Å². The number of aromatic amines is 1.